The largest absolute Gasteiger partial charge is 0.355 e. The van der Waals surface area contributed by atoms with Crippen LogP contribution < -0.4 is 10.6 Å². The number of carbonyl (C=O) groups excluding carboxylic acids is 2. The lowest BCUT2D eigenvalue weighted by atomic mass is 10.3. The van der Waals surface area contributed by atoms with Crippen molar-refractivity contribution in [1.82, 2.24) is 5.32 Å². The van der Waals surface area contributed by atoms with E-state index in [0.29, 0.717) is 18.2 Å². The fourth-order valence-corrected chi connectivity index (χ4v) is 2.10. The van der Waals surface area contributed by atoms with Gasteiger partial charge in [-0.3, -0.25) is 9.59 Å². The molecule has 0 spiro atoms. The Morgan fingerprint density at radius 1 is 1.45 bits per heavy atom. The van der Waals surface area contributed by atoms with Crippen LogP contribution in [0.5, 0.6) is 0 Å². The second-order valence-electron chi connectivity index (χ2n) is 5.04. The van der Waals surface area contributed by atoms with Gasteiger partial charge in [0.1, 0.15) is 5.82 Å². The number of hydrogen-bond acceptors (Lipinski definition) is 2. The summed E-state index contributed by atoms with van der Waals surface area (Å²) in [6.45, 7) is 2.32. The van der Waals surface area contributed by atoms with E-state index in [-0.39, 0.29) is 29.2 Å². The molecule has 1 aliphatic rings. The third kappa shape index (κ3) is 3.93. The van der Waals surface area contributed by atoms with Crippen LogP contribution in [0.25, 0.3) is 0 Å². The predicted octanol–water partition coefficient (Wildman–Crippen LogP) is 2.58. The Labute approximate surface area is 121 Å². The Morgan fingerprint density at radius 2 is 2.15 bits per heavy atom. The first-order chi connectivity index (χ1) is 9.47. The van der Waals surface area contributed by atoms with E-state index in [1.807, 2.05) is 6.92 Å². The number of carbonyl (C=O) groups is 2. The Hall–Kier alpha value is -1.62. The van der Waals surface area contributed by atoms with E-state index < -0.39 is 5.82 Å². The lowest BCUT2D eigenvalue weighted by molar-refractivity contribution is -0.122. The fourth-order valence-electron chi connectivity index (χ4n) is 1.92. The SMILES string of the molecule is C[C@@H]1C[C@@H]1C(=O)NCCC(=O)Nc1ccc(F)c(Cl)c1. The van der Waals surface area contributed by atoms with E-state index in [9.17, 15) is 14.0 Å². The lowest BCUT2D eigenvalue weighted by Gasteiger charge is -2.07. The third-order valence-corrected chi connectivity index (χ3v) is 3.59. The second-order valence-corrected chi connectivity index (χ2v) is 5.44. The first kappa shape index (κ1) is 14.8. The first-order valence-electron chi connectivity index (χ1n) is 6.50. The standard InChI is InChI=1S/C14H16ClFN2O2/c1-8-6-10(8)14(20)17-5-4-13(19)18-9-2-3-12(16)11(15)7-9/h2-3,7-8,10H,4-6H2,1H3,(H,17,20)(H,18,19)/t8-,10+/m1/s1. The molecule has 6 heteroatoms. The van der Waals surface area contributed by atoms with E-state index in [0.717, 1.165) is 6.42 Å². The molecule has 1 aromatic rings. The van der Waals surface area contributed by atoms with Crippen LogP contribution in [0.4, 0.5) is 10.1 Å². The maximum atomic E-state index is 12.9. The molecule has 0 heterocycles. The van der Waals surface area contributed by atoms with Crippen molar-refractivity contribution in [3.05, 3.63) is 29.0 Å². The van der Waals surface area contributed by atoms with Crippen LogP contribution in [0.1, 0.15) is 19.8 Å². The molecule has 2 rings (SSSR count). The van der Waals surface area contributed by atoms with Gasteiger partial charge in [0.15, 0.2) is 0 Å². The molecule has 108 valence electrons. The molecule has 0 radical (unpaired) electrons. The summed E-state index contributed by atoms with van der Waals surface area (Å²) >= 11 is 5.62. The maximum Gasteiger partial charge on any atom is 0.226 e. The van der Waals surface area contributed by atoms with E-state index in [2.05, 4.69) is 10.6 Å². The van der Waals surface area contributed by atoms with Gasteiger partial charge in [0.25, 0.3) is 0 Å². The van der Waals surface area contributed by atoms with E-state index in [4.69, 9.17) is 11.6 Å². The minimum Gasteiger partial charge on any atom is -0.355 e. The molecule has 0 aromatic heterocycles. The normalized spacial score (nSPS) is 20.4. The van der Waals surface area contributed by atoms with Gasteiger partial charge in [0.05, 0.1) is 5.02 Å². The monoisotopic (exact) mass is 298 g/mol. The average molecular weight is 299 g/mol. The zero-order valence-electron chi connectivity index (χ0n) is 11.1. The summed E-state index contributed by atoms with van der Waals surface area (Å²) in [5.74, 6) is -0.221. The van der Waals surface area contributed by atoms with Crippen molar-refractivity contribution in [1.29, 1.82) is 0 Å². The number of rotatable bonds is 5. The number of nitrogens with one attached hydrogen (secondary N) is 2. The number of benzene rings is 1. The molecule has 0 bridgehead atoms. The van der Waals surface area contributed by atoms with Gasteiger partial charge in [-0.2, -0.15) is 0 Å². The molecular formula is C14H16ClFN2O2. The van der Waals surface area contributed by atoms with Crippen molar-refractivity contribution < 1.29 is 14.0 Å². The van der Waals surface area contributed by atoms with Crippen LogP contribution in [0, 0.1) is 17.7 Å². The lowest BCUT2D eigenvalue weighted by Crippen LogP contribution is -2.29. The predicted molar refractivity (Wildman–Crippen MR) is 74.9 cm³/mol. The van der Waals surface area contributed by atoms with Gasteiger partial charge in [0, 0.05) is 24.6 Å². The summed E-state index contributed by atoms with van der Waals surface area (Å²) in [5.41, 5.74) is 0.434. The minimum absolute atomic E-state index is 0.00938. The second kappa shape index (κ2) is 6.22. The topological polar surface area (TPSA) is 58.2 Å². The maximum absolute atomic E-state index is 12.9. The van der Waals surface area contributed by atoms with E-state index in [1.165, 1.54) is 18.2 Å². The molecule has 0 unspecified atom stereocenters. The zero-order valence-corrected chi connectivity index (χ0v) is 11.8. The van der Waals surface area contributed by atoms with Gasteiger partial charge < -0.3 is 10.6 Å². The van der Waals surface area contributed by atoms with Gasteiger partial charge in [-0.05, 0) is 30.5 Å². The fraction of sp³-hybridized carbons (Fsp3) is 0.429. The molecule has 1 aromatic carbocycles. The highest BCUT2D eigenvalue weighted by molar-refractivity contribution is 6.31. The number of hydrogen-bond donors (Lipinski definition) is 2. The molecule has 20 heavy (non-hydrogen) atoms. The molecule has 1 fully saturated rings. The minimum atomic E-state index is -0.532. The third-order valence-electron chi connectivity index (χ3n) is 3.30. The molecule has 2 N–H and O–H groups in total. The molecule has 2 atom stereocenters. The van der Waals surface area contributed by atoms with Gasteiger partial charge in [-0.25, -0.2) is 4.39 Å². The van der Waals surface area contributed by atoms with Crippen LogP contribution in [0.2, 0.25) is 5.02 Å². The van der Waals surface area contributed by atoms with Crippen molar-refractivity contribution in [2.75, 3.05) is 11.9 Å². The molecule has 0 aliphatic heterocycles. The molecule has 4 nitrogen and oxygen atoms in total. The molecule has 1 aliphatic carbocycles. The Balaban J connectivity index is 1.72. The first-order valence-corrected chi connectivity index (χ1v) is 6.88. The smallest absolute Gasteiger partial charge is 0.226 e. The summed E-state index contributed by atoms with van der Waals surface area (Å²) in [7, 11) is 0. The summed E-state index contributed by atoms with van der Waals surface area (Å²) in [6.07, 6.45) is 1.09. The Kier molecular flexibility index (Phi) is 4.60. The number of anilines is 1. The van der Waals surface area contributed by atoms with Gasteiger partial charge >= 0.3 is 0 Å². The van der Waals surface area contributed by atoms with Crippen molar-refractivity contribution in [2.45, 2.75) is 19.8 Å². The van der Waals surface area contributed by atoms with Crippen LogP contribution >= 0.6 is 11.6 Å². The van der Waals surface area contributed by atoms with Crippen molar-refractivity contribution >= 4 is 29.1 Å². The quantitative estimate of drug-likeness (QED) is 0.878. The summed E-state index contributed by atoms with van der Waals surface area (Å²) < 4.78 is 12.9. The zero-order chi connectivity index (χ0) is 14.7. The van der Waals surface area contributed by atoms with Crippen molar-refractivity contribution in [2.24, 2.45) is 11.8 Å². The van der Waals surface area contributed by atoms with Crippen LogP contribution in [-0.4, -0.2) is 18.4 Å². The van der Waals surface area contributed by atoms with Gasteiger partial charge in [0.2, 0.25) is 11.8 Å². The van der Waals surface area contributed by atoms with Crippen LogP contribution in [0.15, 0.2) is 18.2 Å². The van der Waals surface area contributed by atoms with Gasteiger partial charge in [-0.1, -0.05) is 18.5 Å². The number of halogens is 2. The molecule has 2 amide bonds. The van der Waals surface area contributed by atoms with Crippen LogP contribution in [-0.2, 0) is 9.59 Å². The van der Waals surface area contributed by atoms with Crippen molar-refractivity contribution in [3.63, 3.8) is 0 Å². The van der Waals surface area contributed by atoms with Gasteiger partial charge in [-0.15, -0.1) is 0 Å². The Bertz CT molecular complexity index is 536. The molecule has 0 saturated heterocycles. The molecule has 1 saturated carbocycles. The van der Waals surface area contributed by atoms with E-state index >= 15 is 0 Å². The summed E-state index contributed by atoms with van der Waals surface area (Å²) in [6, 6.07) is 3.97. The van der Waals surface area contributed by atoms with E-state index in [1.54, 1.807) is 0 Å². The molecular weight excluding hydrogens is 283 g/mol. The highest BCUT2D eigenvalue weighted by atomic mass is 35.5. The van der Waals surface area contributed by atoms with Crippen molar-refractivity contribution in [3.8, 4) is 0 Å². The average Bonchev–Trinajstić information content (AvgIpc) is 3.11. The highest BCUT2D eigenvalue weighted by Crippen LogP contribution is 2.37. The highest BCUT2D eigenvalue weighted by Gasteiger charge is 2.38. The van der Waals surface area contributed by atoms with Crippen LogP contribution in [0.3, 0.4) is 0 Å². The summed E-state index contributed by atoms with van der Waals surface area (Å²) in [4.78, 5) is 23.2. The summed E-state index contributed by atoms with van der Waals surface area (Å²) in [5, 5.41) is 5.28. The Morgan fingerprint density at radius 3 is 2.75 bits per heavy atom. The number of amides is 2.